The number of nitrogens with zero attached hydrogens (tertiary/aromatic N) is 6. The zero-order chi connectivity index (χ0) is 20.5. The van der Waals surface area contributed by atoms with E-state index in [1.807, 2.05) is 30.5 Å². The Bertz CT molecular complexity index is 1310. The van der Waals surface area contributed by atoms with Crippen molar-refractivity contribution in [2.75, 3.05) is 11.4 Å². The second kappa shape index (κ2) is 7.51. The van der Waals surface area contributed by atoms with Crippen LogP contribution >= 0.6 is 0 Å². The minimum absolute atomic E-state index is 0.206. The molecule has 7 heteroatoms. The monoisotopic (exact) mass is 395 g/mol. The molecule has 30 heavy (non-hydrogen) atoms. The third-order valence-electron chi connectivity index (χ3n) is 5.44. The molecule has 0 spiro atoms. The van der Waals surface area contributed by atoms with Crippen molar-refractivity contribution in [1.82, 2.24) is 30.1 Å². The molecule has 3 aromatic heterocycles. The Morgan fingerprint density at radius 2 is 1.83 bits per heavy atom. The van der Waals surface area contributed by atoms with Crippen LogP contribution in [-0.2, 0) is 0 Å². The van der Waals surface area contributed by atoms with Gasteiger partial charge in [0.15, 0.2) is 5.65 Å². The molecule has 0 aliphatic rings. The lowest BCUT2D eigenvalue weighted by Crippen LogP contribution is -2.27. The molecule has 2 aromatic carbocycles. The first-order valence-corrected chi connectivity index (χ1v) is 9.97. The molecule has 0 aliphatic heterocycles. The van der Waals surface area contributed by atoms with Crippen molar-refractivity contribution in [3.63, 3.8) is 0 Å². The number of aromatic amines is 1. The molecule has 7 nitrogen and oxygen atoms in total. The zero-order valence-corrected chi connectivity index (χ0v) is 16.8. The Morgan fingerprint density at radius 3 is 2.67 bits per heavy atom. The van der Waals surface area contributed by atoms with Crippen molar-refractivity contribution in [2.24, 2.45) is 0 Å². The van der Waals surface area contributed by atoms with Gasteiger partial charge in [0.05, 0.1) is 40.5 Å². The van der Waals surface area contributed by atoms with E-state index in [0.717, 1.165) is 45.7 Å². The molecular formula is C23H21N7. The molecule has 0 fully saturated rings. The van der Waals surface area contributed by atoms with Crippen molar-refractivity contribution in [3.8, 4) is 11.3 Å². The SMILES string of the molecule is CCN(c1cnc2cc(-c3ncnc4[nH]ncc34)ccc2n1)[C@H](C)c1ccccc1. The van der Waals surface area contributed by atoms with Gasteiger partial charge >= 0.3 is 0 Å². The van der Waals surface area contributed by atoms with Gasteiger partial charge in [0, 0.05) is 12.1 Å². The molecule has 0 aliphatic carbocycles. The number of H-pyrrole nitrogens is 1. The molecule has 1 atom stereocenters. The molecule has 1 N–H and O–H groups in total. The van der Waals surface area contributed by atoms with Crippen LogP contribution in [0.25, 0.3) is 33.3 Å². The van der Waals surface area contributed by atoms with E-state index < -0.39 is 0 Å². The van der Waals surface area contributed by atoms with E-state index >= 15 is 0 Å². The molecule has 5 aromatic rings. The molecular weight excluding hydrogens is 374 g/mol. The first kappa shape index (κ1) is 18.2. The Kier molecular flexibility index (Phi) is 4.55. The number of anilines is 1. The number of fused-ring (bicyclic) bond motifs is 2. The average Bonchev–Trinajstić information content (AvgIpc) is 3.29. The number of benzene rings is 2. The van der Waals surface area contributed by atoms with Gasteiger partial charge in [0.1, 0.15) is 12.1 Å². The number of hydrogen-bond acceptors (Lipinski definition) is 6. The third-order valence-corrected chi connectivity index (χ3v) is 5.44. The summed E-state index contributed by atoms with van der Waals surface area (Å²) < 4.78 is 0. The highest BCUT2D eigenvalue weighted by Crippen LogP contribution is 2.29. The fourth-order valence-electron chi connectivity index (χ4n) is 3.83. The van der Waals surface area contributed by atoms with Crippen LogP contribution in [0.5, 0.6) is 0 Å². The predicted molar refractivity (Wildman–Crippen MR) is 118 cm³/mol. The van der Waals surface area contributed by atoms with Crippen LogP contribution < -0.4 is 4.90 Å². The Balaban J connectivity index is 1.52. The lowest BCUT2D eigenvalue weighted by Gasteiger charge is -2.29. The maximum atomic E-state index is 4.89. The van der Waals surface area contributed by atoms with Gasteiger partial charge in [-0.15, -0.1) is 0 Å². The van der Waals surface area contributed by atoms with Crippen LogP contribution in [0.2, 0.25) is 0 Å². The van der Waals surface area contributed by atoms with E-state index in [1.54, 1.807) is 12.5 Å². The zero-order valence-electron chi connectivity index (χ0n) is 16.8. The Labute approximate surface area is 173 Å². The van der Waals surface area contributed by atoms with Gasteiger partial charge in [-0.1, -0.05) is 36.4 Å². The molecule has 148 valence electrons. The summed E-state index contributed by atoms with van der Waals surface area (Å²) in [6.07, 6.45) is 5.13. The second-order valence-corrected chi connectivity index (χ2v) is 7.16. The fourth-order valence-corrected chi connectivity index (χ4v) is 3.83. The van der Waals surface area contributed by atoms with Gasteiger partial charge in [-0.25, -0.2) is 15.0 Å². The lowest BCUT2D eigenvalue weighted by molar-refractivity contribution is 0.680. The highest BCUT2D eigenvalue weighted by atomic mass is 15.2. The maximum Gasteiger partial charge on any atom is 0.159 e. The van der Waals surface area contributed by atoms with Crippen LogP contribution in [-0.4, -0.2) is 36.7 Å². The first-order chi connectivity index (χ1) is 14.7. The summed E-state index contributed by atoms with van der Waals surface area (Å²) in [5.41, 5.74) is 5.44. The maximum absolute atomic E-state index is 4.89. The summed E-state index contributed by atoms with van der Waals surface area (Å²) in [4.78, 5) is 20.5. The van der Waals surface area contributed by atoms with Crippen molar-refractivity contribution in [3.05, 3.63) is 72.8 Å². The van der Waals surface area contributed by atoms with Gasteiger partial charge in [0.25, 0.3) is 0 Å². The van der Waals surface area contributed by atoms with Crippen LogP contribution in [0.3, 0.4) is 0 Å². The van der Waals surface area contributed by atoms with Crippen LogP contribution in [0.1, 0.15) is 25.5 Å². The highest BCUT2D eigenvalue weighted by Gasteiger charge is 2.17. The molecule has 0 amide bonds. The Morgan fingerprint density at radius 1 is 0.967 bits per heavy atom. The quantitative estimate of drug-likeness (QED) is 0.470. The molecule has 5 rings (SSSR count). The topological polar surface area (TPSA) is 83.5 Å². The van der Waals surface area contributed by atoms with Gasteiger partial charge < -0.3 is 4.90 Å². The summed E-state index contributed by atoms with van der Waals surface area (Å²) in [5.74, 6) is 0.869. The molecule has 0 unspecified atom stereocenters. The molecule has 3 heterocycles. The minimum atomic E-state index is 0.206. The predicted octanol–water partition coefficient (Wildman–Crippen LogP) is 4.55. The van der Waals surface area contributed by atoms with Gasteiger partial charge in [-0.3, -0.25) is 10.1 Å². The lowest BCUT2D eigenvalue weighted by atomic mass is 10.1. The summed E-state index contributed by atoms with van der Waals surface area (Å²) >= 11 is 0. The molecule has 0 bridgehead atoms. The summed E-state index contributed by atoms with van der Waals surface area (Å²) in [5, 5.41) is 7.84. The Hall–Kier alpha value is -3.87. The number of rotatable bonds is 5. The third kappa shape index (κ3) is 3.14. The highest BCUT2D eigenvalue weighted by molar-refractivity contribution is 5.92. The van der Waals surface area contributed by atoms with Crippen LogP contribution in [0.15, 0.2) is 67.3 Å². The summed E-state index contributed by atoms with van der Waals surface area (Å²) in [7, 11) is 0. The molecule has 0 saturated carbocycles. The van der Waals surface area contributed by atoms with E-state index in [0.29, 0.717) is 0 Å². The summed E-state index contributed by atoms with van der Waals surface area (Å²) in [6, 6.07) is 16.7. The van der Waals surface area contributed by atoms with Gasteiger partial charge in [-0.2, -0.15) is 5.10 Å². The van der Waals surface area contributed by atoms with E-state index in [2.05, 4.69) is 63.2 Å². The number of nitrogens with one attached hydrogen (secondary N) is 1. The van der Waals surface area contributed by atoms with Crippen LogP contribution in [0, 0.1) is 0 Å². The van der Waals surface area contributed by atoms with Crippen molar-refractivity contribution in [2.45, 2.75) is 19.9 Å². The minimum Gasteiger partial charge on any atom is -0.349 e. The molecule has 0 saturated heterocycles. The number of aromatic nitrogens is 6. The van der Waals surface area contributed by atoms with Crippen molar-refractivity contribution < 1.29 is 0 Å². The fraction of sp³-hybridized carbons (Fsp3) is 0.174. The van der Waals surface area contributed by atoms with Crippen LogP contribution in [0.4, 0.5) is 5.82 Å². The smallest absolute Gasteiger partial charge is 0.159 e. The molecule has 0 radical (unpaired) electrons. The van der Waals surface area contributed by atoms with E-state index in [-0.39, 0.29) is 6.04 Å². The number of hydrogen-bond donors (Lipinski definition) is 1. The first-order valence-electron chi connectivity index (χ1n) is 9.97. The summed E-state index contributed by atoms with van der Waals surface area (Å²) in [6.45, 7) is 5.17. The second-order valence-electron chi connectivity index (χ2n) is 7.16. The van der Waals surface area contributed by atoms with E-state index in [4.69, 9.17) is 9.97 Å². The van der Waals surface area contributed by atoms with Crippen molar-refractivity contribution in [1.29, 1.82) is 0 Å². The van der Waals surface area contributed by atoms with Gasteiger partial charge in [-0.05, 0) is 31.5 Å². The van der Waals surface area contributed by atoms with Crippen molar-refractivity contribution >= 4 is 27.9 Å². The van der Waals surface area contributed by atoms with E-state index in [9.17, 15) is 0 Å². The van der Waals surface area contributed by atoms with E-state index in [1.165, 1.54) is 5.56 Å². The standard InChI is InChI=1S/C23H21N7/c1-3-30(15(2)16-7-5-4-6-8-16)21-13-24-20-11-17(9-10-19(20)28-21)22-18-12-27-29-23(18)26-14-25-22/h4-15H,3H2,1-2H3,(H,25,26,27,29)/t15-/m1/s1. The van der Waals surface area contributed by atoms with Gasteiger partial charge in [0.2, 0.25) is 0 Å². The largest absolute Gasteiger partial charge is 0.349 e. The normalized spacial score (nSPS) is 12.3. The average molecular weight is 395 g/mol.